The molecular weight excluding hydrogens is 192 g/mol. The largest absolute Gasteiger partial charge is 0.460 e. The number of rotatable bonds is 9. The third kappa shape index (κ3) is 9.73. The van der Waals surface area contributed by atoms with Gasteiger partial charge in [-0.15, -0.1) is 0 Å². The van der Waals surface area contributed by atoms with Gasteiger partial charge in [0.1, 0.15) is 6.10 Å². The van der Waals surface area contributed by atoms with E-state index < -0.39 is 0 Å². The van der Waals surface area contributed by atoms with Gasteiger partial charge in [-0.2, -0.15) is 0 Å². The van der Waals surface area contributed by atoms with E-state index in [-0.39, 0.29) is 12.1 Å². The van der Waals surface area contributed by atoms with E-state index in [2.05, 4.69) is 6.92 Å². The molecule has 0 radical (unpaired) electrons. The Hall–Kier alpha value is -0.570. The zero-order chi connectivity index (χ0) is 11.5. The molecule has 0 saturated heterocycles. The minimum absolute atomic E-state index is 0.0562. The van der Waals surface area contributed by atoms with Crippen LogP contribution in [0, 0.1) is 0 Å². The van der Waals surface area contributed by atoms with Crippen molar-refractivity contribution in [3.05, 3.63) is 0 Å². The van der Waals surface area contributed by atoms with Gasteiger partial charge in [-0.1, -0.05) is 26.2 Å². The molecule has 0 aliphatic rings. The van der Waals surface area contributed by atoms with Crippen molar-refractivity contribution in [1.82, 2.24) is 0 Å². The van der Waals surface area contributed by atoms with Crippen molar-refractivity contribution < 1.29 is 14.3 Å². The van der Waals surface area contributed by atoms with Gasteiger partial charge >= 0.3 is 5.97 Å². The van der Waals surface area contributed by atoms with Crippen molar-refractivity contribution >= 4 is 5.97 Å². The summed E-state index contributed by atoms with van der Waals surface area (Å²) >= 11 is 0. The molecule has 0 aliphatic heterocycles. The second-order valence-electron chi connectivity index (χ2n) is 3.74. The molecule has 0 N–H and O–H groups in total. The highest BCUT2D eigenvalue weighted by Gasteiger charge is 2.11. The summed E-state index contributed by atoms with van der Waals surface area (Å²) in [5.74, 6) is -0.213. The van der Waals surface area contributed by atoms with Gasteiger partial charge in [0.05, 0.1) is 6.61 Å². The Balaban J connectivity index is 3.64. The summed E-state index contributed by atoms with van der Waals surface area (Å²) in [6.07, 6.45) is 5.66. The van der Waals surface area contributed by atoms with Crippen LogP contribution in [0.25, 0.3) is 0 Å². The second-order valence-corrected chi connectivity index (χ2v) is 3.74. The van der Waals surface area contributed by atoms with Crippen LogP contribution in [0.4, 0.5) is 0 Å². The van der Waals surface area contributed by atoms with Gasteiger partial charge in [0.15, 0.2) is 0 Å². The summed E-state index contributed by atoms with van der Waals surface area (Å²) in [5, 5.41) is 0. The molecule has 90 valence electrons. The predicted molar refractivity (Wildman–Crippen MR) is 60.8 cm³/mol. The van der Waals surface area contributed by atoms with E-state index in [1.165, 1.54) is 26.2 Å². The van der Waals surface area contributed by atoms with E-state index in [1.54, 1.807) is 0 Å². The number of hydrogen-bond acceptors (Lipinski definition) is 3. The molecule has 15 heavy (non-hydrogen) atoms. The molecule has 0 heterocycles. The molecule has 0 aliphatic carbocycles. The summed E-state index contributed by atoms with van der Waals surface area (Å²) in [6.45, 7) is 6.78. The lowest BCUT2D eigenvalue weighted by atomic mass is 10.1. The molecule has 1 atom stereocenters. The minimum Gasteiger partial charge on any atom is -0.460 e. The van der Waals surface area contributed by atoms with Crippen molar-refractivity contribution in [3.63, 3.8) is 0 Å². The molecule has 3 heteroatoms. The monoisotopic (exact) mass is 216 g/mol. The lowest BCUT2D eigenvalue weighted by molar-refractivity contribution is -0.149. The smallest absolute Gasteiger partial charge is 0.302 e. The maximum atomic E-state index is 10.8. The summed E-state index contributed by atoms with van der Waals surface area (Å²) in [4.78, 5) is 10.8. The van der Waals surface area contributed by atoms with E-state index in [0.29, 0.717) is 13.2 Å². The molecule has 0 bridgehead atoms. The normalized spacial score (nSPS) is 12.5. The zero-order valence-electron chi connectivity index (χ0n) is 10.3. The molecule has 0 fully saturated rings. The number of unbranched alkanes of at least 4 members (excludes halogenated alkanes) is 3. The fourth-order valence-electron chi connectivity index (χ4n) is 1.46. The Morgan fingerprint density at radius 3 is 2.47 bits per heavy atom. The average Bonchev–Trinajstić information content (AvgIpc) is 2.19. The molecular formula is C12H24O3. The van der Waals surface area contributed by atoms with E-state index in [9.17, 15) is 4.79 Å². The summed E-state index contributed by atoms with van der Waals surface area (Å²) in [7, 11) is 0. The number of esters is 1. The number of carbonyl (C=O) groups excluding carboxylic acids is 1. The van der Waals surface area contributed by atoms with Crippen molar-refractivity contribution in [1.29, 1.82) is 0 Å². The first-order valence-corrected chi connectivity index (χ1v) is 5.95. The van der Waals surface area contributed by atoms with Crippen molar-refractivity contribution in [2.75, 3.05) is 13.2 Å². The Bertz CT molecular complexity index is 157. The van der Waals surface area contributed by atoms with E-state index >= 15 is 0 Å². The van der Waals surface area contributed by atoms with Crippen LogP contribution in [0.2, 0.25) is 0 Å². The SMILES string of the molecule is CCCCCCC(COCC)OC(C)=O. The van der Waals surface area contributed by atoms with Crippen LogP contribution in [0.3, 0.4) is 0 Å². The van der Waals surface area contributed by atoms with Gasteiger partial charge in [0.25, 0.3) is 0 Å². The molecule has 1 unspecified atom stereocenters. The van der Waals surface area contributed by atoms with Crippen LogP contribution < -0.4 is 0 Å². The Morgan fingerprint density at radius 2 is 1.93 bits per heavy atom. The maximum absolute atomic E-state index is 10.8. The first kappa shape index (κ1) is 14.4. The second kappa shape index (κ2) is 9.97. The molecule has 0 spiro atoms. The molecule has 0 rings (SSSR count). The highest BCUT2D eigenvalue weighted by atomic mass is 16.6. The van der Waals surface area contributed by atoms with Crippen molar-refractivity contribution in [3.8, 4) is 0 Å². The van der Waals surface area contributed by atoms with E-state index in [0.717, 1.165) is 12.8 Å². The Kier molecular flexibility index (Phi) is 9.59. The highest BCUT2D eigenvalue weighted by molar-refractivity contribution is 5.66. The van der Waals surface area contributed by atoms with E-state index in [4.69, 9.17) is 9.47 Å². The van der Waals surface area contributed by atoms with Gasteiger partial charge in [-0.05, 0) is 19.8 Å². The standard InChI is InChI=1S/C12H24O3/c1-4-6-7-8-9-12(10-14-5-2)15-11(3)13/h12H,4-10H2,1-3H3. The van der Waals surface area contributed by atoms with Crippen LogP contribution in [0.5, 0.6) is 0 Å². The van der Waals surface area contributed by atoms with Gasteiger partial charge < -0.3 is 9.47 Å². The predicted octanol–water partition coefficient (Wildman–Crippen LogP) is 2.93. The molecule has 0 saturated carbocycles. The van der Waals surface area contributed by atoms with Crippen molar-refractivity contribution in [2.24, 2.45) is 0 Å². The molecule has 0 aromatic carbocycles. The third-order valence-corrected chi connectivity index (χ3v) is 2.22. The average molecular weight is 216 g/mol. The van der Waals surface area contributed by atoms with Crippen molar-refractivity contribution in [2.45, 2.75) is 59.0 Å². The number of ether oxygens (including phenoxy) is 2. The van der Waals surface area contributed by atoms with Crippen LogP contribution in [-0.4, -0.2) is 25.3 Å². The fraction of sp³-hybridized carbons (Fsp3) is 0.917. The van der Waals surface area contributed by atoms with Crippen LogP contribution in [0.15, 0.2) is 0 Å². The number of carbonyl (C=O) groups is 1. The molecule has 0 aromatic rings. The van der Waals surface area contributed by atoms with E-state index in [1.807, 2.05) is 6.92 Å². The molecule has 0 amide bonds. The van der Waals surface area contributed by atoms with Crippen LogP contribution in [-0.2, 0) is 14.3 Å². The first-order chi connectivity index (χ1) is 7.20. The van der Waals surface area contributed by atoms with Crippen LogP contribution in [0.1, 0.15) is 52.9 Å². The Morgan fingerprint density at radius 1 is 1.20 bits per heavy atom. The third-order valence-electron chi connectivity index (χ3n) is 2.22. The fourth-order valence-corrected chi connectivity index (χ4v) is 1.46. The molecule has 3 nitrogen and oxygen atoms in total. The van der Waals surface area contributed by atoms with Gasteiger partial charge in [-0.25, -0.2) is 0 Å². The Labute approximate surface area is 93.1 Å². The summed E-state index contributed by atoms with van der Waals surface area (Å²) in [6, 6.07) is 0. The van der Waals surface area contributed by atoms with Gasteiger partial charge in [0.2, 0.25) is 0 Å². The zero-order valence-corrected chi connectivity index (χ0v) is 10.3. The minimum atomic E-state index is -0.213. The lowest BCUT2D eigenvalue weighted by Gasteiger charge is -2.16. The molecule has 0 aromatic heterocycles. The maximum Gasteiger partial charge on any atom is 0.302 e. The van der Waals surface area contributed by atoms with Crippen LogP contribution >= 0.6 is 0 Å². The lowest BCUT2D eigenvalue weighted by Crippen LogP contribution is -2.22. The van der Waals surface area contributed by atoms with Gasteiger partial charge in [-0.3, -0.25) is 4.79 Å². The van der Waals surface area contributed by atoms with Gasteiger partial charge in [0, 0.05) is 13.5 Å². The summed E-state index contributed by atoms with van der Waals surface area (Å²) < 4.78 is 10.4. The number of hydrogen-bond donors (Lipinski definition) is 0. The first-order valence-electron chi connectivity index (χ1n) is 5.95. The highest BCUT2D eigenvalue weighted by Crippen LogP contribution is 2.09. The topological polar surface area (TPSA) is 35.5 Å². The summed E-state index contributed by atoms with van der Waals surface area (Å²) in [5.41, 5.74) is 0. The quantitative estimate of drug-likeness (QED) is 0.439.